The van der Waals surface area contributed by atoms with E-state index in [0.29, 0.717) is 23.7 Å². The summed E-state index contributed by atoms with van der Waals surface area (Å²) >= 11 is 0. The van der Waals surface area contributed by atoms with Gasteiger partial charge < -0.3 is 19.1 Å². The number of urea groups is 1. The second-order valence-corrected chi connectivity index (χ2v) is 8.86. The summed E-state index contributed by atoms with van der Waals surface area (Å²) in [5.41, 5.74) is 2.72. The minimum atomic E-state index is -0.986. The predicted octanol–water partition coefficient (Wildman–Crippen LogP) is 4.08. The Balaban J connectivity index is 1.67. The summed E-state index contributed by atoms with van der Waals surface area (Å²) in [6, 6.07) is 11.5. The number of rotatable bonds is 11. The van der Waals surface area contributed by atoms with Crippen LogP contribution in [0.5, 0.6) is 11.5 Å². The first-order valence-electron chi connectivity index (χ1n) is 12.3. The molecule has 1 aromatic heterocycles. The van der Waals surface area contributed by atoms with E-state index in [4.69, 9.17) is 9.47 Å². The smallest absolute Gasteiger partial charge is 0.335 e. The van der Waals surface area contributed by atoms with Crippen molar-refractivity contribution >= 4 is 24.0 Å². The first-order chi connectivity index (χ1) is 18.3. The average molecular weight is 519 g/mol. The van der Waals surface area contributed by atoms with Crippen LogP contribution in [0.1, 0.15) is 52.8 Å². The van der Waals surface area contributed by atoms with E-state index in [1.807, 2.05) is 10.6 Å². The molecule has 198 valence electrons. The van der Waals surface area contributed by atoms with Gasteiger partial charge in [0.05, 0.1) is 38.2 Å². The van der Waals surface area contributed by atoms with Gasteiger partial charge in [0.25, 0.3) is 5.91 Å². The lowest BCUT2D eigenvalue weighted by Gasteiger charge is -2.17. The summed E-state index contributed by atoms with van der Waals surface area (Å²) in [5, 5.41) is 11.6. The van der Waals surface area contributed by atoms with E-state index in [0.717, 1.165) is 36.2 Å². The monoisotopic (exact) mass is 518 g/mol. The number of hydrogen-bond donors (Lipinski definition) is 2. The number of aromatic carboxylic acids is 1. The number of nitrogens with one attached hydrogen (secondary N) is 1. The fraction of sp³-hybridized carbons (Fsp3) is 0.286. The van der Waals surface area contributed by atoms with Crippen molar-refractivity contribution in [1.82, 2.24) is 19.8 Å². The second-order valence-electron chi connectivity index (χ2n) is 8.86. The highest BCUT2D eigenvalue weighted by Crippen LogP contribution is 2.29. The maximum atomic E-state index is 12.8. The number of aromatic nitrogens is 2. The molecular weight excluding hydrogens is 488 g/mol. The summed E-state index contributed by atoms with van der Waals surface area (Å²) in [6.45, 7) is 2.68. The molecule has 0 spiro atoms. The van der Waals surface area contributed by atoms with Crippen LogP contribution >= 0.6 is 0 Å². The Morgan fingerprint density at radius 1 is 1.03 bits per heavy atom. The lowest BCUT2D eigenvalue weighted by atomic mass is 10.1. The standard InChI is InChI=1S/C28H30N4O6/c1-4-5-6-25-29-15-21(31(25)16-18-7-10-20(11-8-18)27(34)35)14-22-26(33)30-28(36)32(22)17-19-9-12-23(37-2)24(13-19)38-3/h7-15H,4-6,16-17H2,1-3H3,(H,34,35)(H,30,33,36)/b22-14+. The number of hydrogen-bond acceptors (Lipinski definition) is 6. The van der Waals surface area contributed by atoms with Crippen LogP contribution in [0.2, 0.25) is 0 Å². The lowest BCUT2D eigenvalue weighted by Crippen LogP contribution is -2.27. The first-order valence-corrected chi connectivity index (χ1v) is 12.3. The summed E-state index contributed by atoms with van der Waals surface area (Å²) in [6.07, 6.45) is 6.03. The molecule has 4 rings (SSSR count). The van der Waals surface area contributed by atoms with Crippen molar-refractivity contribution in [2.24, 2.45) is 0 Å². The van der Waals surface area contributed by atoms with Crippen LogP contribution in [0, 0.1) is 0 Å². The number of aryl methyl sites for hydroxylation is 1. The van der Waals surface area contributed by atoms with Gasteiger partial charge in [-0.2, -0.15) is 0 Å². The van der Waals surface area contributed by atoms with Crippen molar-refractivity contribution in [2.45, 2.75) is 39.3 Å². The molecule has 1 aliphatic heterocycles. The Morgan fingerprint density at radius 3 is 2.39 bits per heavy atom. The zero-order chi connectivity index (χ0) is 27.2. The quantitative estimate of drug-likeness (QED) is 0.290. The Bertz CT molecular complexity index is 1380. The molecule has 10 heteroatoms. The van der Waals surface area contributed by atoms with Crippen molar-refractivity contribution < 1.29 is 29.0 Å². The van der Waals surface area contributed by atoms with Gasteiger partial charge in [0.1, 0.15) is 11.5 Å². The van der Waals surface area contributed by atoms with Gasteiger partial charge >= 0.3 is 12.0 Å². The molecule has 0 atom stereocenters. The highest BCUT2D eigenvalue weighted by atomic mass is 16.5. The van der Waals surface area contributed by atoms with E-state index in [1.54, 1.807) is 55.8 Å². The second kappa shape index (κ2) is 11.6. The molecule has 0 unspecified atom stereocenters. The van der Waals surface area contributed by atoms with E-state index in [9.17, 15) is 19.5 Å². The maximum absolute atomic E-state index is 12.8. The third kappa shape index (κ3) is 5.69. The van der Waals surface area contributed by atoms with Crippen molar-refractivity contribution in [3.63, 3.8) is 0 Å². The third-order valence-corrected chi connectivity index (χ3v) is 6.33. The number of carbonyl (C=O) groups excluding carboxylic acids is 2. The molecule has 2 heterocycles. The van der Waals surface area contributed by atoms with Gasteiger partial charge in [-0.25, -0.2) is 14.6 Å². The normalized spacial score (nSPS) is 14.2. The predicted molar refractivity (Wildman–Crippen MR) is 140 cm³/mol. The van der Waals surface area contributed by atoms with Gasteiger partial charge in [0, 0.05) is 13.0 Å². The Kier molecular flexibility index (Phi) is 8.10. The van der Waals surface area contributed by atoms with Crippen LogP contribution in [-0.2, 0) is 24.3 Å². The Morgan fingerprint density at radius 2 is 1.74 bits per heavy atom. The van der Waals surface area contributed by atoms with Crippen molar-refractivity contribution in [1.29, 1.82) is 0 Å². The Labute approximate surface area is 220 Å². The number of unbranched alkanes of at least 4 members (excludes halogenated alkanes) is 1. The minimum absolute atomic E-state index is 0.150. The van der Waals surface area contributed by atoms with Crippen LogP contribution in [0.3, 0.4) is 0 Å². The zero-order valence-corrected chi connectivity index (χ0v) is 21.6. The number of ether oxygens (including phenoxy) is 2. The molecule has 1 fully saturated rings. The van der Waals surface area contributed by atoms with Crippen LogP contribution < -0.4 is 14.8 Å². The van der Waals surface area contributed by atoms with Crippen molar-refractivity contribution in [3.05, 3.63) is 82.6 Å². The number of carboxylic acids is 1. The number of imidazole rings is 1. The van der Waals surface area contributed by atoms with E-state index in [1.165, 1.54) is 12.0 Å². The molecule has 0 radical (unpaired) electrons. The SMILES string of the molecule is CCCCc1ncc(/C=C2\C(=O)NC(=O)N2Cc2ccc(OC)c(OC)c2)n1Cc1ccc(C(=O)O)cc1. The van der Waals surface area contributed by atoms with Crippen molar-refractivity contribution in [2.75, 3.05) is 14.2 Å². The summed E-state index contributed by atoms with van der Waals surface area (Å²) < 4.78 is 12.6. The van der Waals surface area contributed by atoms with Crippen LogP contribution in [-0.4, -0.2) is 51.7 Å². The van der Waals surface area contributed by atoms with Crippen LogP contribution in [0.25, 0.3) is 6.08 Å². The van der Waals surface area contributed by atoms with Gasteiger partial charge in [-0.3, -0.25) is 15.0 Å². The number of benzene rings is 2. The zero-order valence-electron chi connectivity index (χ0n) is 21.6. The number of imide groups is 1. The van der Waals surface area contributed by atoms with Gasteiger partial charge in [-0.15, -0.1) is 0 Å². The van der Waals surface area contributed by atoms with E-state index in [-0.39, 0.29) is 17.8 Å². The highest BCUT2D eigenvalue weighted by Gasteiger charge is 2.33. The summed E-state index contributed by atoms with van der Waals surface area (Å²) in [4.78, 5) is 42.7. The van der Waals surface area contributed by atoms with E-state index < -0.39 is 17.9 Å². The fourth-order valence-corrected chi connectivity index (χ4v) is 4.26. The molecule has 10 nitrogen and oxygen atoms in total. The highest BCUT2D eigenvalue weighted by molar-refractivity contribution is 6.13. The topological polar surface area (TPSA) is 123 Å². The van der Waals surface area contributed by atoms with Gasteiger partial charge in [-0.05, 0) is 47.9 Å². The summed E-state index contributed by atoms with van der Waals surface area (Å²) in [5.74, 6) is 0.448. The molecule has 1 saturated heterocycles. The molecule has 0 aliphatic carbocycles. The molecular formula is C28H30N4O6. The van der Waals surface area contributed by atoms with Gasteiger partial charge in [-0.1, -0.05) is 31.5 Å². The van der Waals surface area contributed by atoms with Crippen molar-refractivity contribution in [3.8, 4) is 11.5 Å². The first kappa shape index (κ1) is 26.5. The number of carbonyl (C=O) groups is 3. The lowest BCUT2D eigenvalue weighted by molar-refractivity contribution is -0.116. The molecule has 38 heavy (non-hydrogen) atoms. The number of methoxy groups -OCH3 is 2. The summed E-state index contributed by atoms with van der Waals surface area (Å²) in [7, 11) is 3.08. The third-order valence-electron chi connectivity index (χ3n) is 6.33. The largest absolute Gasteiger partial charge is 0.493 e. The fourth-order valence-electron chi connectivity index (χ4n) is 4.26. The molecule has 1 aliphatic rings. The van der Waals surface area contributed by atoms with Crippen LogP contribution in [0.15, 0.2) is 54.4 Å². The maximum Gasteiger partial charge on any atom is 0.335 e. The molecule has 2 aromatic carbocycles. The van der Waals surface area contributed by atoms with E-state index in [2.05, 4.69) is 17.2 Å². The Hall–Kier alpha value is -4.60. The minimum Gasteiger partial charge on any atom is -0.493 e. The number of amides is 3. The van der Waals surface area contributed by atoms with Gasteiger partial charge in [0.2, 0.25) is 0 Å². The molecule has 2 N–H and O–H groups in total. The molecule has 0 bridgehead atoms. The molecule has 3 aromatic rings. The van der Waals surface area contributed by atoms with E-state index >= 15 is 0 Å². The molecule has 0 saturated carbocycles. The van der Waals surface area contributed by atoms with Gasteiger partial charge in [0.15, 0.2) is 11.5 Å². The average Bonchev–Trinajstić information content (AvgIpc) is 3.41. The number of carboxylic acid groups (broad SMARTS) is 1. The van der Waals surface area contributed by atoms with Crippen LogP contribution in [0.4, 0.5) is 4.79 Å². The molecule has 3 amide bonds. The number of nitrogens with zero attached hydrogens (tertiary/aromatic N) is 3.